The summed E-state index contributed by atoms with van der Waals surface area (Å²) < 4.78 is 25.3. The van der Waals surface area contributed by atoms with Gasteiger partial charge in [0.1, 0.15) is 23.9 Å². The minimum atomic E-state index is -0.252. The second-order valence-electron chi connectivity index (χ2n) is 10.2. The van der Waals surface area contributed by atoms with Crippen molar-refractivity contribution in [3.05, 3.63) is 90.6 Å². The topological polar surface area (TPSA) is 93.7 Å². The molecule has 0 fully saturated rings. The van der Waals surface area contributed by atoms with Gasteiger partial charge in [-0.25, -0.2) is 0 Å². The van der Waals surface area contributed by atoms with E-state index in [0.717, 1.165) is 40.1 Å². The Morgan fingerprint density at radius 3 is 2.63 bits per heavy atom. The fourth-order valence-electron chi connectivity index (χ4n) is 5.06. The first-order valence-electron chi connectivity index (χ1n) is 14.6. The van der Waals surface area contributed by atoms with Crippen LogP contribution in [0.1, 0.15) is 18.4 Å². The summed E-state index contributed by atoms with van der Waals surface area (Å²) >= 11 is 0. The molecule has 1 amide bonds. The predicted molar refractivity (Wildman–Crippen MR) is 165 cm³/mol. The van der Waals surface area contributed by atoms with Crippen molar-refractivity contribution in [3.63, 3.8) is 0 Å². The second kappa shape index (κ2) is 15.1. The van der Waals surface area contributed by atoms with Crippen LogP contribution in [-0.2, 0) is 22.7 Å². The number of carbonyl (C=O) groups is 1. The number of aliphatic hydroxyl groups is 1. The molecule has 4 aromatic rings. The number of amides is 1. The van der Waals surface area contributed by atoms with Gasteiger partial charge < -0.3 is 24.1 Å². The average Bonchev–Trinajstić information content (AvgIpc) is 3.05. The summed E-state index contributed by atoms with van der Waals surface area (Å²) in [6.45, 7) is 3.17. The van der Waals surface area contributed by atoms with Crippen molar-refractivity contribution >= 4 is 28.7 Å². The van der Waals surface area contributed by atoms with Crippen LogP contribution in [0.15, 0.2) is 90.1 Å². The third kappa shape index (κ3) is 7.88. The Hall–Kier alpha value is -4.47. The normalized spacial score (nSPS) is 14.7. The first-order chi connectivity index (χ1) is 21.2. The number of methoxy groups -OCH3 is 1. The first-order valence-corrected chi connectivity index (χ1v) is 14.6. The molecule has 9 heteroatoms. The summed E-state index contributed by atoms with van der Waals surface area (Å²) in [5.74, 6) is 2.09. The van der Waals surface area contributed by atoms with Gasteiger partial charge in [-0.2, -0.15) is 4.57 Å². The third-order valence-corrected chi connectivity index (χ3v) is 7.24. The summed E-state index contributed by atoms with van der Waals surface area (Å²) in [6, 6.07) is 25.1. The molecule has 1 atom stereocenters. The summed E-state index contributed by atoms with van der Waals surface area (Å²) in [4.78, 5) is 18.9. The number of fused-ring (bicyclic) bond motifs is 1. The molecule has 1 aliphatic heterocycles. The fraction of sp³-hybridized carbons (Fsp3) is 0.324. The zero-order chi connectivity index (χ0) is 29.9. The molecule has 0 saturated heterocycles. The highest BCUT2D eigenvalue weighted by Gasteiger charge is 2.28. The molecule has 3 aromatic carbocycles. The van der Waals surface area contributed by atoms with Crippen molar-refractivity contribution < 1.29 is 33.4 Å². The van der Waals surface area contributed by atoms with Gasteiger partial charge in [-0.15, -0.1) is 0 Å². The molecule has 43 heavy (non-hydrogen) atoms. The molecule has 2 heterocycles. The van der Waals surface area contributed by atoms with Crippen molar-refractivity contribution in [3.8, 4) is 17.2 Å². The summed E-state index contributed by atoms with van der Waals surface area (Å²) in [5, 5.41) is 10.3. The smallest absolute Gasteiger partial charge is 0.269 e. The number of aryl methyl sites for hydroxylation is 1. The number of aromatic nitrogens is 1. The molecule has 1 N–H and O–H groups in total. The van der Waals surface area contributed by atoms with Gasteiger partial charge in [-0.3, -0.25) is 14.7 Å². The number of carbonyl (C=O) groups excluding carboxylic acids is 1. The van der Waals surface area contributed by atoms with Crippen molar-refractivity contribution in [1.82, 2.24) is 0 Å². The molecule has 5 rings (SSSR count). The lowest BCUT2D eigenvalue weighted by Crippen LogP contribution is -2.49. The van der Waals surface area contributed by atoms with E-state index in [1.165, 1.54) is 6.21 Å². The van der Waals surface area contributed by atoms with Gasteiger partial charge in [-0.05, 0) is 48.5 Å². The van der Waals surface area contributed by atoms with Gasteiger partial charge >= 0.3 is 0 Å². The number of rotatable bonds is 15. The molecule has 0 aliphatic carbocycles. The highest BCUT2D eigenvalue weighted by molar-refractivity contribution is 6.33. The van der Waals surface area contributed by atoms with Crippen LogP contribution >= 0.6 is 0 Å². The van der Waals surface area contributed by atoms with Crippen molar-refractivity contribution in [1.29, 1.82) is 0 Å². The molecule has 224 valence electrons. The Balaban J connectivity index is 1.14. The quantitative estimate of drug-likeness (QED) is 0.165. The first kappa shape index (κ1) is 30.0. The molecule has 0 bridgehead atoms. The Kier molecular flexibility index (Phi) is 10.6. The number of ether oxygens (including phenoxy) is 4. The van der Waals surface area contributed by atoms with E-state index >= 15 is 0 Å². The molecule has 0 spiro atoms. The number of aliphatic hydroxyl groups excluding tert-OH is 1. The number of aliphatic imine (C=N–C) groups is 1. The Bertz CT molecular complexity index is 1520. The molecule has 1 aromatic heterocycles. The van der Waals surface area contributed by atoms with E-state index in [0.29, 0.717) is 51.7 Å². The van der Waals surface area contributed by atoms with Gasteiger partial charge in [0.2, 0.25) is 5.52 Å². The van der Waals surface area contributed by atoms with Gasteiger partial charge in [-0.1, -0.05) is 18.2 Å². The van der Waals surface area contributed by atoms with E-state index in [9.17, 15) is 9.90 Å². The van der Waals surface area contributed by atoms with Crippen molar-refractivity contribution in [2.75, 3.05) is 45.0 Å². The number of anilines is 1. The van der Waals surface area contributed by atoms with Crippen LogP contribution in [0.3, 0.4) is 0 Å². The van der Waals surface area contributed by atoms with Crippen LogP contribution < -0.4 is 23.7 Å². The summed E-state index contributed by atoms with van der Waals surface area (Å²) in [6.07, 6.45) is 4.79. The molecular weight excluding hydrogens is 546 g/mol. The minimum absolute atomic E-state index is 0.138. The predicted octanol–water partition coefficient (Wildman–Crippen LogP) is 4.37. The van der Waals surface area contributed by atoms with E-state index < -0.39 is 0 Å². The monoisotopic (exact) mass is 584 g/mol. The van der Waals surface area contributed by atoms with E-state index in [-0.39, 0.29) is 18.6 Å². The Labute approximate surface area is 251 Å². The van der Waals surface area contributed by atoms with Crippen LogP contribution in [0.2, 0.25) is 0 Å². The lowest BCUT2D eigenvalue weighted by Gasteiger charge is -2.32. The maximum atomic E-state index is 12.9. The Morgan fingerprint density at radius 1 is 0.953 bits per heavy atom. The van der Waals surface area contributed by atoms with Gasteiger partial charge in [0.05, 0.1) is 51.8 Å². The van der Waals surface area contributed by atoms with Crippen LogP contribution in [-0.4, -0.2) is 63.4 Å². The molecule has 0 radical (unpaired) electrons. The van der Waals surface area contributed by atoms with Crippen LogP contribution in [0.4, 0.5) is 5.69 Å². The van der Waals surface area contributed by atoms with Crippen LogP contribution in [0, 0.1) is 0 Å². The SMILES string of the molecule is COc1ccccc1COCCCOc1ccc(N2C(=O)C=NC[C@@H]2COc2ccc3ccc[n+](CCCO)c3c2)cc1. The molecule has 0 unspecified atom stereocenters. The molecule has 0 saturated carbocycles. The molecular formula is C34H38N3O6+. The van der Waals surface area contributed by atoms with E-state index in [2.05, 4.69) is 15.6 Å². The van der Waals surface area contributed by atoms with E-state index in [1.54, 1.807) is 12.0 Å². The maximum absolute atomic E-state index is 12.9. The van der Waals surface area contributed by atoms with E-state index in [4.69, 9.17) is 18.9 Å². The largest absolute Gasteiger partial charge is 0.496 e. The zero-order valence-electron chi connectivity index (χ0n) is 24.4. The standard InChI is InChI=1S/C34H38N3O6/c1-40-33-9-3-2-7-27(33)24-41-19-6-20-42-30-14-11-28(12-15-30)37-29(22-35-23-34(37)39)25-43-31-13-10-26-8-4-16-36(17-5-18-38)32(26)21-31/h2-4,7-16,21,23,29,38H,5-6,17-20,22,24-25H2,1H3/q+1/t29-/m1/s1. The lowest BCUT2D eigenvalue weighted by atomic mass is 10.1. The van der Waals surface area contributed by atoms with E-state index in [1.807, 2.05) is 79.0 Å². The van der Waals surface area contributed by atoms with Gasteiger partial charge in [0.25, 0.3) is 5.91 Å². The fourth-order valence-corrected chi connectivity index (χ4v) is 5.06. The molecule has 1 aliphatic rings. The maximum Gasteiger partial charge on any atom is 0.269 e. The van der Waals surface area contributed by atoms with Gasteiger partial charge in [0, 0.05) is 42.2 Å². The number of para-hydroxylation sites is 1. The number of pyridine rings is 1. The summed E-state index contributed by atoms with van der Waals surface area (Å²) in [7, 11) is 1.66. The minimum Gasteiger partial charge on any atom is -0.496 e. The summed E-state index contributed by atoms with van der Waals surface area (Å²) in [5.41, 5.74) is 2.81. The number of benzene rings is 3. The second-order valence-corrected chi connectivity index (χ2v) is 10.2. The average molecular weight is 585 g/mol. The van der Waals surface area contributed by atoms with Crippen LogP contribution in [0.5, 0.6) is 17.2 Å². The number of hydrogen-bond acceptors (Lipinski definition) is 7. The molecule has 9 nitrogen and oxygen atoms in total. The zero-order valence-corrected chi connectivity index (χ0v) is 24.4. The highest BCUT2D eigenvalue weighted by atomic mass is 16.5. The third-order valence-electron chi connectivity index (χ3n) is 7.24. The van der Waals surface area contributed by atoms with Crippen molar-refractivity contribution in [2.24, 2.45) is 4.99 Å². The Morgan fingerprint density at radius 2 is 1.79 bits per heavy atom. The van der Waals surface area contributed by atoms with Crippen LogP contribution in [0.25, 0.3) is 10.9 Å². The van der Waals surface area contributed by atoms with Gasteiger partial charge in [0.15, 0.2) is 12.7 Å². The highest BCUT2D eigenvalue weighted by Crippen LogP contribution is 2.25. The lowest BCUT2D eigenvalue weighted by molar-refractivity contribution is -0.672. The number of hydrogen-bond donors (Lipinski definition) is 1. The number of nitrogens with zero attached hydrogens (tertiary/aromatic N) is 3. The van der Waals surface area contributed by atoms with Crippen molar-refractivity contribution in [2.45, 2.75) is 32.0 Å².